The van der Waals surface area contributed by atoms with Crippen molar-refractivity contribution >= 4 is 23.3 Å². The molecule has 2 heterocycles. The lowest BCUT2D eigenvalue weighted by atomic mass is 9.94. The molecule has 0 aliphatic carbocycles. The first-order valence-electron chi connectivity index (χ1n) is 8.37. The molecule has 1 atom stereocenters. The Hall–Kier alpha value is -2.15. The maximum absolute atomic E-state index is 14.0. The Morgan fingerprint density at radius 2 is 2.25 bits per heavy atom. The van der Waals surface area contributed by atoms with E-state index < -0.39 is 5.82 Å². The smallest absolute Gasteiger partial charge is 0.322 e. The number of hydrogen-bond donors (Lipinski definition) is 3. The number of carbonyl (C=O) groups excluding carboxylic acids is 2. The zero-order chi connectivity index (χ0) is 17.2. The number of nitrogens with one attached hydrogen (secondary N) is 3. The standard InChI is InChI=1S/C17H23FN4O2/c1-17(6-2-8-20-17)7-5-15(23)21-12-3-4-13(18)14(11-12)22-10-9-19-16(22)24/h3-4,11,20H,2,5-10H2,1H3,(H,19,24)(H,21,23)/t17-/m0/s1. The Bertz CT molecular complexity index is 643. The number of nitrogens with zero attached hydrogens (tertiary/aromatic N) is 1. The van der Waals surface area contributed by atoms with E-state index >= 15 is 0 Å². The van der Waals surface area contributed by atoms with Crippen LogP contribution in [0.15, 0.2) is 18.2 Å². The van der Waals surface area contributed by atoms with Crippen LogP contribution >= 0.6 is 0 Å². The summed E-state index contributed by atoms with van der Waals surface area (Å²) in [6, 6.07) is 3.97. The molecule has 0 radical (unpaired) electrons. The van der Waals surface area contributed by atoms with Crippen LogP contribution in [0.4, 0.5) is 20.6 Å². The summed E-state index contributed by atoms with van der Waals surface area (Å²) in [7, 11) is 0. The lowest BCUT2D eigenvalue weighted by Crippen LogP contribution is -2.37. The van der Waals surface area contributed by atoms with Crippen LogP contribution in [0.2, 0.25) is 0 Å². The molecular formula is C17H23FN4O2. The molecule has 1 aromatic rings. The van der Waals surface area contributed by atoms with Gasteiger partial charge in [-0.15, -0.1) is 0 Å². The minimum Gasteiger partial charge on any atom is -0.336 e. The van der Waals surface area contributed by atoms with Crippen molar-refractivity contribution in [3.63, 3.8) is 0 Å². The normalized spacial score (nSPS) is 23.4. The number of benzene rings is 1. The summed E-state index contributed by atoms with van der Waals surface area (Å²) in [5.74, 6) is -0.582. The fourth-order valence-electron chi connectivity index (χ4n) is 3.28. The first-order valence-corrected chi connectivity index (χ1v) is 8.37. The average Bonchev–Trinajstić information content (AvgIpc) is 3.17. The molecule has 2 fully saturated rings. The third-order valence-corrected chi connectivity index (χ3v) is 4.74. The molecule has 0 aromatic heterocycles. The Morgan fingerprint density at radius 1 is 1.42 bits per heavy atom. The Balaban J connectivity index is 1.62. The molecule has 0 saturated carbocycles. The quantitative estimate of drug-likeness (QED) is 0.773. The highest BCUT2D eigenvalue weighted by Gasteiger charge is 2.28. The van der Waals surface area contributed by atoms with Crippen LogP contribution in [0.1, 0.15) is 32.6 Å². The van der Waals surface area contributed by atoms with E-state index in [1.54, 1.807) is 0 Å². The number of carbonyl (C=O) groups is 2. The highest BCUT2D eigenvalue weighted by molar-refractivity contribution is 5.96. The summed E-state index contributed by atoms with van der Waals surface area (Å²) in [5.41, 5.74) is 0.715. The van der Waals surface area contributed by atoms with Gasteiger partial charge in [-0.05, 0) is 50.9 Å². The molecule has 0 bridgehead atoms. The van der Waals surface area contributed by atoms with Crippen LogP contribution in [0, 0.1) is 5.82 Å². The number of rotatable bonds is 5. The molecule has 3 rings (SSSR count). The molecule has 0 spiro atoms. The van der Waals surface area contributed by atoms with Crippen LogP contribution in [-0.4, -0.2) is 37.1 Å². The zero-order valence-corrected chi connectivity index (χ0v) is 13.8. The second-order valence-corrected chi connectivity index (χ2v) is 6.69. The number of urea groups is 1. The fraction of sp³-hybridized carbons (Fsp3) is 0.529. The van der Waals surface area contributed by atoms with Gasteiger partial charge in [0.15, 0.2) is 0 Å². The molecule has 3 amide bonds. The third-order valence-electron chi connectivity index (χ3n) is 4.74. The van der Waals surface area contributed by atoms with Gasteiger partial charge in [0.05, 0.1) is 5.69 Å². The molecule has 0 unspecified atom stereocenters. The average molecular weight is 334 g/mol. The van der Waals surface area contributed by atoms with Crippen molar-refractivity contribution in [1.29, 1.82) is 0 Å². The Labute approximate surface area is 140 Å². The minimum absolute atomic E-state index is 0.0267. The largest absolute Gasteiger partial charge is 0.336 e. The van der Waals surface area contributed by atoms with E-state index in [1.807, 2.05) is 0 Å². The van der Waals surface area contributed by atoms with Gasteiger partial charge in [-0.25, -0.2) is 9.18 Å². The van der Waals surface area contributed by atoms with E-state index in [0.29, 0.717) is 25.2 Å². The monoisotopic (exact) mass is 334 g/mol. The van der Waals surface area contributed by atoms with Gasteiger partial charge in [0.2, 0.25) is 5.91 Å². The molecular weight excluding hydrogens is 311 g/mol. The lowest BCUT2D eigenvalue weighted by Gasteiger charge is -2.23. The van der Waals surface area contributed by atoms with E-state index in [1.165, 1.54) is 23.1 Å². The molecule has 2 aliphatic rings. The first-order chi connectivity index (χ1) is 11.5. The topological polar surface area (TPSA) is 73.5 Å². The second-order valence-electron chi connectivity index (χ2n) is 6.69. The highest BCUT2D eigenvalue weighted by Crippen LogP contribution is 2.26. The van der Waals surface area contributed by atoms with Crippen molar-refractivity contribution in [3.8, 4) is 0 Å². The van der Waals surface area contributed by atoms with Gasteiger partial charge in [0.1, 0.15) is 5.82 Å². The van der Waals surface area contributed by atoms with E-state index in [4.69, 9.17) is 0 Å². The predicted octanol–water partition coefficient (Wildman–Crippen LogP) is 2.22. The summed E-state index contributed by atoms with van der Waals surface area (Å²) in [6.07, 6.45) is 3.38. The van der Waals surface area contributed by atoms with Gasteiger partial charge < -0.3 is 16.0 Å². The van der Waals surface area contributed by atoms with Gasteiger partial charge in [-0.3, -0.25) is 9.69 Å². The van der Waals surface area contributed by atoms with E-state index in [-0.39, 0.29) is 23.2 Å². The van der Waals surface area contributed by atoms with Gasteiger partial charge in [0, 0.05) is 30.7 Å². The number of halogens is 1. The van der Waals surface area contributed by atoms with Crippen LogP contribution in [0.25, 0.3) is 0 Å². The summed E-state index contributed by atoms with van der Waals surface area (Å²) >= 11 is 0. The Kier molecular flexibility index (Phi) is 4.71. The molecule has 24 heavy (non-hydrogen) atoms. The molecule has 130 valence electrons. The summed E-state index contributed by atoms with van der Waals surface area (Å²) in [5, 5.41) is 8.86. The van der Waals surface area contributed by atoms with Crippen molar-refractivity contribution in [1.82, 2.24) is 10.6 Å². The van der Waals surface area contributed by atoms with Crippen molar-refractivity contribution in [2.24, 2.45) is 0 Å². The first kappa shape index (κ1) is 16.7. The molecule has 2 saturated heterocycles. The molecule has 7 heteroatoms. The summed E-state index contributed by atoms with van der Waals surface area (Å²) in [4.78, 5) is 25.2. The maximum Gasteiger partial charge on any atom is 0.322 e. The van der Waals surface area contributed by atoms with Gasteiger partial charge in [0.25, 0.3) is 0 Å². The number of hydrogen-bond acceptors (Lipinski definition) is 3. The fourth-order valence-corrected chi connectivity index (χ4v) is 3.28. The van der Waals surface area contributed by atoms with Crippen molar-refractivity contribution in [2.75, 3.05) is 29.9 Å². The SMILES string of the molecule is C[C@@]1(CCC(=O)Nc2ccc(F)c(N3CCNC3=O)c2)CCCN1. The number of amides is 3. The predicted molar refractivity (Wildman–Crippen MR) is 90.7 cm³/mol. The molecule has 1 aromatic carbocycles. The van der Waals surface area contributed by atoms with Crippen molar-refractivity contribution < 1.29 is 14.0 Å². The van der Waals surface area contributed by atoms with Crippen LogP contribution < -0.4 is 20.9 Å². The minimum atomic E-state index is -0.479. The van der Waals surface area contributed by atoms with Gasteiger partial charge in [-0.1, -0.05) is 0 Å². The van der Waals surface area contributed by atoms with Crippen LogP contribution in [-0.2, 0) is 4.79 Å². The summed E-state index contributed by atoms with van der Waals surface area (Å²) < 4.78 is 14.0. The van der Waals surface area contributed by atoms with Crippen LogP contribution in [0.5, 0.6) is 0 Å². The van der Waals surface area contributed by atoms with E-state index in [2.05, 4.69) is 22.9 Å². The molecule has 3 N–H and O–H groups in total. The lowest BCUT2D eigenvalue weighted by molar-refractivity contribution is -0.116. The zero-order valence-electron chi connectivity index (χ0n) is 13.8. The summed E-state index contributed by atoms with van der Waals surface area (Å²) in [6.45, 7) is 4.03. The highest BCUT2D eigenvalue weighted by atomic mass is 19.1. The van der Waals surface area contributed by atoms with Crippen molar-refractivity contribution in [2.45, 2.75) is 38.1 Å². The van der Waals surface area contributed by atoms with E-state index in [9.17, 15) is 14.0 Å². The maximum atomic E-state index is 14.0. The van der Waals surface area contributed by atoms with Gasteiger partial charge >= 0.3 is 6.03 Å². The second kappa shape index (κ2) is 6.76. The van der Waals surface area contributed by atoms with Gasteiger partial charge in [-0.2, -0.15) is 0 Å². The Morgan fingerprint density at radius 3 is 2.92 bits per heavy atom. The van der Waals surface area contributed by atoms with Crippen LogP contribution in [0.3, 0.4) is 0 Å². The molecule has 2 aliphatic heterocycles. The van der Waals surface area contributed by atoms with Crippen molar-refractivity contribution in [3.05, 3.63) is 24.0 Å². The number of anilines is 2. The molecule has 6 nitrogen and oxygen atoms in total. The van der Waals surface area contributed by atoms with E-state index in [0.717, 1.165) is 25.8 Å². The third kappa shape index (κ3) is 3.67.